The quantitative estimate of drug-likeness (QED) is 0.230. The zero-order valence-electron chi connectivity index (χ0n) is 20.8. The van der Waals surface area contributed by atoms with E-state index >= 15 is 0 Å². The fraction of sp³-hybridized carbons (Fsp3) is 0.417. The monoisotopic (exact) mass is 550 g/mol. The van der Waals surface area contributed by atoms with Gasteiger partial charge in [-0.2, -0.15) is 26.3 Å². The molecule has 0 radical (unpaired) electrons. The lowest BCUT2D eigenvalue weighted by molar-refractivity contribution is -0.165. The van der Waals surface area contributed by atoms with Gasteiger partial charge in [0, 0.05) is 35.9 Å². The topological polar surface area (TPSA) is 116 Å². The molecule has 4 N–H and O–H groups in total. The van der Waals surface area contributed by atoms with Gasteiger partial charge < -0.3 is 21.3 Å². The van der Waals surface area contributed by atoms with Gasteiger partial charge in [-0.05, 0) is 36.1 Å². The zero-order chi connectivity index (χ0) is 29.3. The first-order valence-electron chi connectivity index (χ1n) is 11.2. The lowest BCUT2D eigenvalue weighted by atomic mass is 10.0. The SMILES string of the molecule is CC(C)C(N/C=C/C(=O)C(F)(F)F)C(=O)Nc1ccc(NC(=O)C(N/C=C/C(=O)C(F)(F)F)C(C)C)cc1. The van der Waals surface area contributed by atoms with Crippen molar-refractivity contribution in [2.45, 2.75) is 52.1 Å². The van der Waals surface area contributed by atoms with E-state index in [1.165, 1.54) is 24.3 Å². The highest BCUT2D eigenvalue weighted by Crippen LogP contribution is 2.18. The van der Waals surface area contributed by atoms with Gasteiger partial charge in [0.25, 0.3) is 11.6 Å². The molecule has 0 aromatic heterocycles. The molecule has 1 rings (SSSR count). The van der Waals surface area contributed by atoms with Crippen LogP contribution >= 0.6 is 0 Å². The van der Waals surface area contributed by atoms with E-state index in [1.54, 1.807) is 27.7 Å². The van der Waals surface area contributed by atoms with Crippen LogP contribution in [0.1, 0.15) is 27.7 Å². The largest absolute Gasteiger partial charge is 0.454 e. The molecule has 0 aliphatic rings. The van der Waals surface area contributed by atoms with Gasteiger partial charge in [0.15, 0.2) is 0 Å². The minimum atomic E-state index is -5.03. The number of alkyl halides is 6. The normalized spacial score (nSPS) is 14.0. The average Bonchev–Trinajstić information content (AvgIpc) is 2.78. The Kier molecular flexibility index (Phi) is 11.5. The third-order valence-corrected chi connectivity index (χ3v) is 4.90. The molecule has 0 aliphatic carbocycles. The highest BCUT2D eigenvalue weighted by molar-refractivity contribution is 5.98. The van der Waals surface area contributed by atoms with Crippen molar-refractivity contribution in [3.8, 4) is 0 Å². The molecule has 14 heteroatoms. The van der Waals surface area contributed by atoms with Crippen molar-refractivity contribution < 1.29 is 45.5 Å². The summed E-state index contributed by atoms with van der Waals surface area (Å²) in [6, 6.07) is 3.81. The number of allylic oxidation sites excluding steroid dienone is 2. The second kappa shape index (κ2) is 13.6. The van der Waals surface area contributed by atoms with Gasteiger partial charge in [-0.1, -0.05) is 27.7 Å². The summed E-state index contributed by atoms with van der Waals surface area (Å²) in [4.78, 5) is 47.0. The standard InChI is InChI=1S/C24H28F6N4O4/c1-13(2)19(31-11-9-17(35)23(25,26)27)21(37)33-15-5-7-16(8-6-15)34-22(38)20(14(3)4)32-12-10-18(36)24(28,29)30/h5-14,19-20,31-32H,1-4H3,(H,33,37)(H,34,38)/b11-9+,12-10+. The predicted octanol–water partition coefficient (Wildman–Crippen LogP) is 4.08. The molecule has 1 aromatic carbocycles. The summed E-state index contributed by atoms with van der Waals surface area (Å²) in [6.07, 6.45) is -7.98. The van der Waals surface area contributed by atoms with Crippen molar-refractivity contribution in [3.63, 3.8) is 0 Å². The molecule has 0 heterocycles. The Bertz CT molecular complexity index is 964. The summed E-state index contributed by atoms with van der Waals surface area (Å²) < 4.78 is 73.8. The number of benzene rings is 1. The Balaban J connectivity index is 2.80. The number of hydrogen-bond acceptors (Lipinski definition) is 6. The van der Waals surface area contributed by atoms with Crippen molar-refractivity contribution in [1.29, 1.82) is 0 Å². The molecule has 0 saturated heterocycles. The van der Waals surface area contributed by atoms with E-state index in [-0.39, 0.29) is 24.0 Å². The van der Waals surface area contributed by atoms with Crippen LogP contribution in [0.3, 0.4) is 0 Å². The van der Waals surface area contributed by atoms with E-state index in [1.807, 2.05) is 0 Å². The minimum absolute atomic E-state index is 0.281. The van der Waals surface area contributed by atoms with Crippen molar-refractivity contribution in [3.05, 3.63) is 48.8 Å². The molecule has 2 unspecified atom stereocenters. The fourth-order valence-corrected chi connectivity index (χ4v) is 2.86. The van der Waals surface area contributed by atoms with Crippen LogP contribution in [0.4, 0.5) is 37.7 Å². The number of amides is 2. The van der Waals surface area contributed by atoms with E-state index in [2.05, 4.69) is 21.3 Å². The summed E-state index contributed by atoms with van der Waals surface area (Å²) in [5.41, 5.74) is 0.589. The molecule has 1 aromatic rings. The lowest BCUT2D eigenvalue weighted by Crippen LogP contribution is -2.42. The van der Waals surface area contributed by atoms with E-state index in [4.69, 9.17) is 0 Å². The van der Waals surface area contributed by atoms with Crippen LogP contribution in [-0.4, -0.2) is 47.8 Å². The Morgan fingerprint density at radius 3 is 1.16 bits per heavy atom. The smallest absolute Gasteiger partial charge is 0.379 e. The number of carbonyl (C=O) groups excluding carboxylic acids is 4. The maximum atomic E-state index is 12.6. The number of rotatable bonds is 12. The minimum Gasteiger partial charge on any atom is -0.379 e. The first-order valence-corrected chi connectivity index (χ1v) is 11.2. The maximum absolute atomic E-state index is 12.6. The molecule has 0 bridgehead atoms. The van der Waals surface area contributed by atoms with Crippen molar-refractivity contribution in [2.24, 2.45) is 11.8 Å². The molecule has 38 heavy (non-hydrogen) atoms. The van der Waals surface area contributed by atoms with Gasteiger partial charge in [-0.15, -0.1) is 0 Å². The summed E-state index contributed by atoms with van der Waals surface area (Å²) in [5.74, 6) is -6.06. The van der Waals surface area contributed by atoms with Gasteiger partial charge in [-0.25, -0.2) is 0 Å². The van der Waals surface area contributed by atoms with Crippen molar-refractivity contribution in [2.75, 3.05) is 10.6 Å². The third kappa shape index (κ3) is 10.6. The summed E-state index contributed by atoms with van der Waals surface area (Å²) >= 11 is 0. The Morgan fingerprint density at radius 2 is 0.921 bits per heavy atom. The van der Waals surface area contributed by atoms with Crippen LogP contribution in [0.15, 0.2) is 48.8 Å². The zero-order valence-corrected chi connectivity index (χ0v) is 20.8. The van der Waals surface area contributed by atoms with Crippen molar-refractivity contribution in [1.82, 2.24) is 10.6 Å². The second-order valence-electron chi connectivity index (χ2n) is 8.72. The number of halogens is 6. The van der Waals surface area contributed by atoms with Crippen molar-refractivity contribution >= 4 is 34.8 Å². The first-order chi connectivity index (χ1) is 17.4. The molecule has 8 nitrogen and oxygen atoms in total. The molecule has 210 valence electrons. The maximum Gasteiger partial charge on any atom is 0.454 e. The van der Waals surface area contributed by atoms with E-state index in [0.717, 1.165) is 12.4 Å². The van der Waals surface area contributed by atoms with Crippen LogP contribution in [0, 0.1) is 11.8 Å². The number of nitrogens with one attached hydrogen (secondary N) is 4. The molecular formula is C24H28F6N4O4. The molecule has 0 fully saturated rings. The van der Waals surface area contributed by atoms with Crippen LogP contribution < -0.4 is 21.3 Å². The van der Waals surface area contributed by atoms with Crippen LogP contribution in [0.5, 0.6) is 0 Å². The molecule has 0 spiro atoms. The summed E-state index contributed by atoms with van der Waals surface area (Å²) in [6.45, 7) is 6.57. The number of carbonyl (C=O) groups is 4. The third-order valence-electron chi connectivity index (χ3n) is 4.90. The molecule has 0 saturated carbocycles. The Hall–Kier alpha value is -3.84. The molecule has 0 aliphatic heterocycles. The van der Waals surface area contributed by atoms with Gasteiger partial charge in [-0.3, -0.25) is 19.2 Å². The van der Waals surface area contributed by atoms with Gasteiger partial charge in [0.05, 0.1) is 0 Å². The first kappa shape index (κ1) is 32.2. The van der Waals surface area contributed by atoms with E-state index in [9.17, 15) is 45.5 Å². The van der Waals surface area contributed by atoms with Gasteiger partial charge >= 0.3 is 12.4 Å². The summed E-state index contributed by atoms with van der Waals surface area (Å²) in [5, 5.41) is 10.1. The van der Waals surface area contributed by atoms with Crippen LogP contribution in [0.2, 0.25) is 0 Å². The van der Waals surface area contributed by atoms with Crippen LogP contribution in [-0.2, 0) is 19.2 Å². The number of anilines is 2. The fourth-order valence-electron chi connectivity index (χ4n) is 2.86. The second-order valence-corrected chi connectivity index (χ2v) is 8.72. The molecular weight excluding hydrogens is 522 g/mol. The predicted molar refractivity (Wildman–Crippen MR) is 128 cm³/mol. The van der Waals surface area contributed by atoms with E-state index in [0.29, 0.717) is 11.4 Å². The Labute approximate surface area is 214 Å². The molecule has 2 atom stereocenters. The number of hydrogen-bond donors (Lipinski definition) is 4. The molecule has 2 amide bonds. The lowest BCUT2D eigenvalue weighted by Gasteiger charge is -2.21. The highest BCUT2D eigenvalue weighted by Gasteiger charge is 2.37. The highest BCUT2D eigenvalue weighted by atomic mass is 19.4. The average molecular weight is 551 g/mol. The van der Waals surface area contributed by atoms with Gasteiger partial charge in [0.1, 0.15) is 12.1 Å². The van der Waals surface area contributed by atoms with Crippen LogP contribution in [0.25, 0.3) is 0 Å². The van der Waals surface area contributed by atoms with Gasteiger partial charge in [0.2, 0.25) is 11.8 Å². The van der Waals surface area contributed by atoms with E-state index < -0.39 is 47.8 Å². The number of ketones is 2. The summed E-state index contributed by atoms with van der Waals surface area (Å²) in [7, 11) is 0. The Morgan fingerprint density at radius 1 is 0.632 bits per heavy atom.